The predicted molar refractivity (Wildman–Crippen MR) is 151 cm³/mol. The standard InChI is InChI=1S/2C12H11P.C6H6O2/c2*1-3-7-11(8-4-1)13-12-9-5-2-6-10-12;7-5-1-2-6(8)4-3-5/h2*1-10,13H;1-4,7-8H. The molecule has 0 unspecified atom stereocenters. The SMILES string of the molecule is Oc1ccc(O)cc1.c1ccc(Pc2ccccc2)cc1.c1ccc(Pc2ccccc2)cc1. The number of hydrogen-bond acceptors (Lipinski definition) is 2. The molecule has 0 saturated carbocycles. The van der Waals surface area contributed by atoms with Gasteiger partial charge in [0.25, 0.3) is 0 Å². The van der Waals surface area contributed by atoms with Crippen LogP contribution in [-0.2, 0) is 0 Å². The van der Waals surface area contributed by atoms with Gasteiger partial charge in [-0.25, -0.2) is 0 Å². The molecule has 0 fully saturated rings. The van der Waals surface area contributed by atoms with E-state index in [1.54, 1.807) is 0 Å². The topological polar surface area (TPSA) is 40.5 Å². The zero-order chi connectivity index (χ0) is 23.8. The summed E-state index contributed by atoms with van der Waals surface area (Å²) < 4.78 is 0. The normalized spacial score (nSPS) is 9.65. The van der Waals surface area contributed by atoms with Crippen LogP contribution >= 0.6 is 17.2 Å². The van der Waals surface area contributed by atoms with Crippen molar-refractivity contribution in [1.82, 2.24) is 0 Å². The van der Waals surface area contributed by atoms with Crippen LogP contribution in [0.1, 0.15) is 0 Å². The van der Waals surface area contributed by atoms with Crippen molar-refractivity contribution >= 4 is 38.4 Å². The number of benzene rings is 5. The Morgan fingerprint density at radius 1 is 0.294 bits per heavy atom. The lowest BCUT2D eigenvalue weighted by Crippen LogP contribution is -2.01. The molecule has 0 amide bonds. The van der Waals surface area contributed by atoms with Crippen LogP contribution in [0.15, 0.2) is 146 Å². The minimum atomic E-state index is 0.169. The zero-order valence-electron chi connectivity index (χ0n) is 18.8. The van der Waals surface area contributed by atoms with Crippen molar-refractivity contribution in [3.8, 4) is 11.5 Å². The molecule has 34 heavy (non-hydrogen) atoms. The van der Waals surface area contributed by atoms with Crippen molar-refractivity contribution in [2.24, 2.45) is 0 Å². The van der Waals surface area contributed by atoms with Gasteiger partial charge in [0, 0.05) is 0 Å². The maximum Gasteiger partial charge on any atom is 0.115 e. The van der Waals surface area contributed by atoms with Gasteiger partial charge in [-0.1, -0.05) is 138 Å². The second-order valence-electron chi connectivity index (χ2n) is 7.23. The molecule has 5 aromatic carbocycles. The van der Waals surface area contributed by atoms with E-state index in [1.165, 1.54) is 45.5 Å². The molecule has 170 valence electrons. The van der Waals surface area contributed by atoms with Gasteiger partial charge in [0.05, 0.1) is 0 Å². The fourth-order valence-electron chi connectivity index (χ4n) is 2.87. The third kappa shape index (κ3) is 10.0. The Morgan fingerprint density at radius 3 is 0.706 bits per heavy atom. The third-order valence-electron chi connectivity index (χ3n) is 4.52. The molecule has 0 heterocycles. The van der Waals surface area contributed by atoms with Crippen LogP contribution in [0.2, 0.25) is 0 Å². The highest BCUT2D eigenvalue weighted by Gasteiger charge is 1.93. The highest BCUT2D eigenvalue weighted by Crippen LogP contribution is 2.13. The van der Waals surface area contributed by atoms with E-state index in [2.05, 4.69) is 121 Å². The number of hydrogen-bond donors (Lipinski definition) is 2. The number of aromatic hydroxyl groups is 2. The lowest BCUT2D eigenvalue weighted by molar-refractivity contribution is 0.460. The van der Waals surface area contributed by atoms with Crippen LogP contribution in [0.25, 0.3) is 0 Å². The quantitative estimate of drug-likeness (QED) is 0.254. The molecular weight excluding hydrogens is 454 g/mol. The van der Waals surface area contributed by atoms with E-state index in [0.717, 1.165) is 17.2 Å². The van der Waals surface area contributed by atoms with Crippen molar-refractivity contribution in [2.45, 2.75) is 0 Å². The van der Waals surface area contributed by atoms with E-state index in [1.807, 2.05) is 0 Å². The van der Waals surface area contributed by atoms with Crippen LogP contribution in [0.3, 0.4) is 0 Å². The van der Waals surface area contributed by atoms with E-state index >= 15 is 0 Å². The molecule has 4 heteroatoms. The first-order chi connectivity index (χ1) is 16.7. The van der Waals surface area contributed by atoms with E-state index < -0.39 is 0 Å². The molecule has 2 N–H and O–H groups in total. The Bertz CT molecular complexity index is 1010. The second kappa shape index (κ2) is 14.7. The number of phenolic OH excluding ortho intramolecular Hbond substituents is 2. The smallest absolute Gasteiger partial charge is 0.115 e. The van der Waals surface area contributed by atoms with Crippen LogP contribution in [0.4, 0.5) is 0 Å². The van der Waals surface area contributed by atoms with Crippen LogP contribution in [0.5, 0.6) is 11.5 Å². The van der Waals surface area contributed by atoms with Crippen molar-refractivity contribution in [3.63, 3.8) is 0 Å². The molecule has 0 spiro atoms. The first-order valence-electron chi connectivity index (χ1n) is 10.9. The summed E-state index contributed by atoms with van der Waals surface area (Å²) in [5.74, 6) is 0.339. The van der Waals surface area contributed by atoms with E-state index in [0.29, 0.717) is 0 Å². The molecule has 0 saturated heterocycles. The molecule has 0 radical (unpaired) electrons. The molecule has 0 bridgehead atoms. The largest absolute Gasteiger partial charge is 0.508 e. The molecule has 2 nitrogen and oxygen atoms in total. The van der Waals surface area contributed by atoms with E-state index in [-0.39, 0.29) is 11.5 Å². The average molecular weight is 483 g/mol. The van der Waals surface area contributed by atoms with Gasteiger partial charge in [0.1, 0.15) is 11.5 Å². The predicted octanol–water partition coefficient (Wildman–Crippen LogP) is 5.73. The van der Waals surface area contributed by atoms with Gasteiger partial charge in [-0.05, 0) is 45.5 Å². The summed E-state index contributed by atoms with van der Waals surface area (Å²) in [5, 5.41) is 22.9. The Hall–Kier alpha value is -3.44. The van der Waals surface area contributed by atoms with Crippen molar-refractivity contribution < 1.29 is 10.2 Å². The maximum absolute atomic E-state index is 8.65. The highest BCUT2D eigenvalue weighted by atomic mass is 31.1. The molecule has 0 aliphatic rings. The monoisotopic (exact) mass is 482 g/mol. The number of phenols is 2. The Labute approximate surface area is 205 Å². The minimum absolute atomic E-state index is 0.169. The van der Waals surface area contributed by atoms with Crippen molar-refractivity contribution in [1.29, 1.82) is 0 Å². The lowest BCUT2D eigenvalue weighted by Gasteiger charge is -2.00. The van der Waals surface area contributed by atoms with Crippen molar-refractivity contribution in [3.05, 3.63) is 146 Å². The van der Waals surface area contributed by atoms with Gasteiger partial charge >= 0.3 is 0 Å². The number of rotatable bonds is 4. The second-order valence-corrected chi connectivity index (χ2v) is 10.0. The molecule has 5 aromatic rings. The van der Waals surface area contributed by atoms with Crippen LogP contribution in [0, 0.1) is 0 Å². The van der Waals surface area contributed by atoms with Crippen LogP contribution < -0.4 is 21.2 Å². The molecule has 0 aliphatic heterocycles. The van der Waals surface area contributed by atoms with Gasteiger partial charge in [-0.15, -0.1) is 0 Å². The summed E-state index contributed by atoms with van der Waals surface area (Å²) in [6, 6.07) is 48.0. The first kappa shape index (κ1) is 25.2. The van der Waals surface area contributed by atoms with Crippen molar-refractivity contribution in [2.75, 3.05) is 0 Å². The molecule has 5 rings (SSSR count). The molecule has 0 aromatic heterocycles. The summed E-state index contributed by atoms with van der Waals surface area (Å²) in [5.41, 5.74) is 0. The fourth-order valence-corrected chi connectivity index (χ4v) is 4.98. The fraction of sp³-hybridized carbons (Fsp3) is 0. The van der Waals surface area contributed by atoms with Gasteiger partial charge in [-0.3, -0.25) is 0 Å². The lowest BCUT2D eigenvalue weighted by atomic mass is 10.3. The molecule has 0 aliphatic carbocycles. The molecule has 0 atom stereocenters. The third-order valence-corrected chi connectivity index (χ3v) is 7.01. The van der Waals surface area contributed by atoms with Gasteiger partial charge in [0.2, 0.25) is 0 Å². The van der Waals surface area contributed by atoms with E-state index in [4.69, 9.17) is 10.2 Å². The summed E-state index contributed by atoms with van der Waals surface area (Å²) in [6.07, 6.45) is 0. The summed E-state index contributed by atoms with van der Waals surface area (Å²) in [7, 11) is 1.55. The molecular formula is C30H28O2P2. The van der Waals surface area contributed by atoms with Gasteiger partial charge in [0.15, 0.2) is 0 Å². The Balaban J connectivity index is 0.000000148. The highest BCUT2D eigenvalue weighted by molar-refractivity contribution is 7.55. The first-order valence-corrected chi connectivity index (χ1v) is 12.9. The summed E-state index contributed by atoms with van der Waals surface area (Å²) in [4.78, 5) is 0. The Kier molecular flexibility index (Phi) is 10.9. The van der Waals surface area contributed by atoms with Gasteiger partial charge < -0.3 is 10.2 Å². The summed E-state index contributed by atoms with van der Waals surface area (Å²) >= 11 is 0. The average Bonchev–Trinajstić information content (AvgIpc) is 2.89. The zero-order valence-corrected chi connectivity index (χ0v) is 20.8. The summed E-state index contributed by atoms with van der Waals surface area (Å²) in [6.45, 7) is 0. The van der Waals surface area contributed by atoms with Crippen LogP contribution in [-0.4, -0.2) is 10.2 Å². The van der Waals surface area contributed by atoms with E-state index in [9.17, 15) is 0 Å². The van der Waals surface area contributed by atoms with Gasteiger partial charge in [-0.2, -0.15) is 0 Å². The Morgan fingerprint density at radius 2 is 0.500 bits per heavy atom. The minimum Gasteiger partial charge on any atom is -0.508 e. The maximum atomic E-state index is 8.65.